The highest BCUT2D eigenvalue weighted by molar-refractivity contribution is 7.14. The van der Waals surface area contributed by atoms with Gasteiger partial charge in [0.1, 0.15) is 24.4 Å². The van der Waals surface area contributed by atoms with Crippen molar-refractivity contribution in [3.63, 3.8) is 0 Å². The maximum Gasteiger partial charge on any atom is 0.276 e. The van der Waals surface area contributed by atoms with E-state index in [0.29, 0.717) is 17.4 Å². The summed E-state index contributed by atoms with van der Waals surface area (Å²) in [6.45, 7) is 0.377. The van der Waals surface area contributed by atoms with Crippen molar-refractivity contribution in [1.82, 2.24) is 15.6 Å². The van der Waals surface area contributed by atoms with Crippen LogP contribution in [0.3, 0.4) is 0 Å². The number of rotatable bonds is 9. The number of carbonyl (C=O) groups is 2. The van der Waals surface area contributed by atoms with Crippen molar-refractivity contribution in [2.45, 2.75) is 11.6 Å². The molecule has 0 saturated carbocycles. The number of carbonyl (C=O) groups excluding carboxylic acids is 2. The molecule has 2 heterocycles. The third-order valence-corrected chi connectivity index (χ3v) is 6.92. The van der Waals surface area contributed by atoms with Gasteiger partial charge in [0.2, 0.25) is 5.91 Å². The molecule has 5 rings (SSSR count). The maximum atomic E-state index is 12.9. The van der Waals surface area contributed by atoms with Gasteiger partial charge in [0.05, 0.1) is 0 Å². The molecule has 0 unspecified atom stereocenters. The summed E-state index contributed by atoms with van der Waals surface area (Å²) in [5.74, 6) is -0.761. The number of hydrogen-bond donors (Lipinski definition) is 3. The van der Waals surface area contributed by atoms with E-state index < -0.39 is 17.5 Å². The fraction of sp³-hybridized carbons (Fsp3) is 0.143. The molecule has 0 radical (unpaired) electrons. The summed E-state index contributed by atoms with van der Waals surface area (Å²) < 4.78 is 0. The van der Waals surface area contributed by atoms with Crippen LogP contribution in [0.1, 0.15) is 22.4 Å². The molecule has 1 saturated heterocycles. The molecule has 4 aromatic rings. The van der Waals surface area contributed by atoms with E-state index in [1.165, 1.54) is 18.4 Å². The first-order chi connectivity index (χ1) is 18.1. The van der Waals surface area contributed by atoms with Crippen LogP contribution in [-0.4, -0.2) is 42.2 Å². The van der Waals surface area contributed by atoms with Gasteiger partial charge in [0.15, 0.2) is 10.8 Å². The Kier molecular flexibility index (Phi) is 6.96. The van der Waals surface area contributed by atoms with E-state index >= 15 is 0 Å². The second-order valence-electron chi connectivity index (χ2n) is 8.40. The molecule has 3 aromatic carbocycles. The van der Waals surface area contributed by atoms with Crippen molar-refractivity contribution in [2.24, 2.45) is 5.16 Å². The molecule has 2 amide bonds. The number of nitrogens with zero attached hydrogens (tertiary/aromatic N) is 2. The highest BCUT2D eigenvalue weighted by Crippen LogP contribution is 2.40. The van der Waals surface area contributed by atoms with Crippen LogP contribution in [0.25, 0.3) is 0 Å². The van der Waals surface area contributed by atoms with Gasteiger partial charge in [-0.25, -0.2) is 4.98 Å². The highest BCUT2D eigenvalue weighted by Gasteiger charge is 2.37. The summed E-state index contributed by atoms with van der Waals surface area (Å²) in [5.41, 5.74) is 2.67. The number of aromatic nitrogens is 1. The molecule has 8 nitrogen and oxygen atoms in total. The molecular weight excluding hydrogens is 486 g/mol. The van der Waals surface area contributed by atoms with Crippen LogP contribution >= 0.6 is 11.3 Å². The zero-order valence-corrected chi connectivity index (χ0v) is 20.9. The number of amides is 2. The number of oxime groups is 1. The summed E-state index contributed by atoms with van der Waals surface area (Å²) in [6, 6.07) is 29.9. The highest BCUT2D eigenvalue weighted by atomic mass is 32.1. The van der Waals surface area contributed by atoms with Crippen molar-refractivity contribution < 1.29 is 14.4 Å². The van der Waals surface area contributed by atoms with Gasteiger partial charge >= 0.3 is 0 Å². The zero-order valence-electron chi connectivity index (χ0n) is 20.0. The number of benzene rings is 3. The average molecular weight is 512 g/mol. The fourth-order valence-corrected chi connectivity index (χ4v) is 5.06. The third kappa shape index (κ3) is 4.81. The number of β-lactam (4-membered cyclic amide) rings is 1. The molecule has 186 valence electrons. The van der Waals surface area contributed by atoms with Crippen LogP contribution in [0.15, 0.2) is 102 Å². The Hall–Kier alpha value is -4.50. The topological polar surface area (TPSA) is 105 Å². The average Bonchev–Trinajstić information content (AvgIpc) is 3.41. The minimum absolute atomic E-state index is 0.00349. The van der Waals surface area contributed by atoms with Gasteiger partial charge in [0.25, 0.3) is 5.91 Å². The molecule has 1 atom stereocenters. The summed E-state index contributed by atoms with van der Waals surface area (Å²) in [4.78, 5) is 34.2. The molecule has 1 aliphatic rings. The largest absolute Gasteiger partial charge is 0.398 e. The number of nitrogens with one attached hydrogen (secondary N) is 3. The molecule has 9 heteroatoms. The standard InChI is InChI=1S/C28H25N5O3S/c1-36-33-24(26(35)30-22-17-29-25(22)34)23-18-37-27(31-23)32-28(19-11-5-2-6-12-19,20-13-7-3-8-14-20)21-15-9-4-10-16-21/h2-16,18,22H,17H2,1H3,(H,29,34)(H,30,35)(H,31,32)/t22-/m0/s1. The van der Waals surface area contributed by atoms with Crippen LogP contribution < -0.4 is 16.0 Å². The summed E-state index contributed by atoms with van der Waals surface area (Å²) >= 11 is 1.35. The quantitative estimate of drug-likeness (QED) is 0.138. The molecule has 0 spiro atoms. The Morgan fingerprint density at radius 1 is 0.973 bits per heavy atom. The van der Waals surface area contributed by atoms with Gasteiger partial charge in [-0.15, -0.1) is 11.3 Å². The fourth-order valence-electron chi connectivity index (χ4n) is 4.31. The maximum absolute atomic E-state index is 12.9. The third-order valence-electron chi connectivity index (χ3n) is 6.16. The van der Waals surface area contributed by atoms with Crippen LogP contribution in [0.2, 0.25) is 0 Å². The molecular formula is C28H25N5O3S. The Bertz CT molecular complexity index is 1310. The van der Waals surface area contributed by atoms with Gasteiger partial charge in [-0.3, -0.25) is 9.59 Å². The Labute approximate surface area is 218 Å². The monoisotopic (exact) mass is 511 g/mol. The first-order valence-electron chi connectivity index (χ1n) is 11.7. The predicted octanol–water partition coefficient (Wildman–Crippen LogP) is 3.51. The normalized spacial score (nSPS) is 15.3. The lowest BCUT2D eigenvalue weighted by Gasteiger charge is -2.36. The van der Waals surface area contributed by atoms with E-state index in [4.69, 9.17) is 9.82 Å². The van der Waals surface area contributed by atoms with Crippen molar-refractivity contribution in [2.75, 3.05) is 19.0 Å². The first-order valence-corrected chi connectivity index (χ1v) is 12.6. The molecule has 3 N–H and O–H groups in total. The van der Waals surface area contributed by atoms with Gasteiger partial charge < -0.3 is 20.8 Å². The van der Waals surface area contributed by atoms with E-state index in [9.17, 15) is 9.59 Å². The van der Waals surface area contributed by atoms with E-state index in [1.54, 1.807) is 5.38 Å². The second-order valence-corrected chi connectivity index (χ2v) is 9.26. The minimum atomic E-state index is -0.760. The molecule has 37 heavy (non-hydrogen) atoms. The molecule has 0 bridgehead atoms. The van der Waals surface area contributed by atoms with Crippen molar-refractivity contribution >= 4 is 34.0 Å². The molecule has 1 aliphatic heterocycles. The lowest BCUT2D eigenvalue weighted by atomic mass is 9.77. The van der Waals surface area contributed by atoms with Crippen LogP contribution in [0, 0.1) is 0 Å². The van der Waals surface area contributed by atoms with Crippen molar-refractivity contribution in [1.29, 1.82) is 0 Å². The van der Waals surface area contributed by atoms with Crippen LogP contribution in [0.5, 0.6) is 0 Å². The summed E-state index contributed by atoms with van der Waals surface area (Å²) in [5, 5.41) is 15.2. The smallest absolute Gasteiger partial charge is 0.276 e. The van der Waals surface area contributed by atoms with Crippen molar-refractivity contribution in [3.05, 3.63) is 119 Å². The lowest BCUT2D eigenvalue weighted by Crippen LogP contribution is -2.62. The van der Waals surface area contributed by atoms with Gasteiger partial charge in [-0.2, -0.15) is 0 Å². The molecule has 1 aromatic heterocycles. The zero-order chi connectivity index (χ0) is 25.7. The number of thiazole rings is 1. The summed E-state index contributed by atoms with van der Waals surface area (Å²) in [7, 11) is 1.36. The number of anilines is 1. The van der Waals surface area contributed by atoms with Gasteiger partial charge in [0, 0.05) is 11.9 Å². The SMILES string of the molecule is CON=C(C(=O)N[C@H]1CNC1=O)c1csc(NC(c2ccccc2)(c2ccccc2)c2ccccc2)n1. The number of hydrogen-bond acceptors (Lipinski definition) is 7. The van der Waals surface area contributed by atoms with Gasteiger partial charge in [-0.1, -0.05) is 96.2 Å². The van der Waals surface area contributed by atoms with Crippen molar-refractivity contribution in [3.8, 4) is 0 Å². The minimum Gasteiger partial charge on any atom is -0.398 e. The lowest BCUT2D eigenvalue weighted by molar-refractivity contribution is -0.131. The molecule has 1 fully saturated rings. The van der Waals surface area contributed by atoms with E-state index in [-0.39, 0.29) is 11.6 Å². The van der Waals surface area contributed by atoms with Gasteiger partial charge in [-0.05, 0) is 16.7 Å². The van der Waals surface area contributed by atoms with Crippen LogP contribution in [0.4, 0.5) is 5.13 Å². The Balaban J connectivity index is 1.56. The van der Waals surface area contributed by atoms with E-state index in [0.717, 1.165) is 16.7 Å². The Morgan fingerprint density at radius 2 is 1.51 bits per heavy atom. The predicted molar refractivity (Wildman–Crippen MR) is 143 cm³/mol. The van der Waals surface area contributed by atoms with Crippen LogP contribution in [-0.2, 0) is 20.0 Å². The summed E-state index contributed by atoms with van der Waals surface area (Å²) in [6.07, 6.45) is 0. The Morgan fingerprint density at radius 3 is 1.95 bits per heavy atom. The first kappa shape index (κ1) is 24.2. The van der Waals surface area contributed by atoms with E-state index in [2.05, 4.69) is 57.5 Å². The second kappa shape index (κ2) is 10.6. The molecule has 0 aliphatic carbocycles. The van der Waals surface area contributed by atoms with E-state index in [1.807, 2.05) is 54.6 Å².